The van der Waals surface area contributed by atoms with Crippen molar-refractivity contribution in [2.45, 2.75) is 12.5 Å². The molecule has 0 N–H and O–H groups in total. The number of hydrogen-bond donors (Lipinski definition) is 0. The smallest absolute Gasteiger partial charge is 0.267 e. The van der Waals surface area contributed by atoms with Gasteiger partial charge >= 0.3 is 0 Å². The van der Waals surface area contributed by atoms with Crippen LogP contribution in [0.5, 0.6) is 0 Å². The van der Waals surface area contributed by atoms with Gasteiger partial charge in [-0.1, -0.05) is 12.1 Å². The quantitative estimate of drug-likeness (QED) is 0.748. The zero-order chi connectivity index (χ0) is 13.6. The molecule has 0 unspecified atom stereocenters. The van der Waals surface area contributed by atoms with Gasteiger partial charge in [-0.15, -0.1) is 0 Å². The topological polar surface area (TPSA) is 58.4 Å². The second kappa shape index (κ2) is 4.17. The van der Waals surface area contributed by atoms with Crippen LogP contribution >= 0.6 is 0 Å². The number of hydrazine groups is 1. The van der Waals surface area contributed by atoms with E-state index in [1.807, 2.05) is 24.3 Å². The zero-order valence-corrected chi connectivity index (χ0v) is 10.8. The first-order valence-electron chi connectivity index (χ1n) is 6.05. The Morgan fingerprint density at radius 3 is 2.68 bits per heavy atom. The Balaban J connectivity index is 2.04. The van der Waals surface area contributed by atoms with E-state index in [0.717, 1.165) is 11.0 Å². The standard InChI is InChI=1S/C13H14N4O2/c1-15(2)17-12(18)7-11(13(17)19)16-8-14-9-5-3-4-6-10(9)16/h3-6,8,11H,7H2,1-2H3/t11-/m1/s1. The maximum absolute atomic E-state index is 12.3. The number of para-hydroxylation sites is 2. The first-order chi connectivity index (χ1) is 9.09. The molecule has 6 nitrogen and oxygen atoms in total. The van der Waals surface area contributed by atoms with E-state index in [-0.39, 0.29) is 18.2 Å². The van der Waals surface area contributed by atoms with Crippen molar-refractivity contribution < 1.29 is 9.59 Å². The minimum atomic E-state index is -0.498. The third-order valence-corrected chi connectivity index (χ3v) is 3.31. The van der Waals surface area contributed by atoms with Crippen molar-refractivity contribution in [3.8, 4) is 0 Å². The largest absolute Gasteiger partial charge is 0.317 e. The maximum Gasteiger partial charge on any atom is 0.267 e. The Hall–Kier alpha value is -2.21. The molecule has 3 rings (SSSR count). The number of benzene rings is 1. The SMILES string of the molecule is CN(C)N1C(=O)C[C@@H](n2cnc3ccccc32)C1=O. The molecule has 0 radical (unpaired) electrons. The summed E-state index contributed by atoms with van der Waals surface area (Å²) in [5.74, 6) is -0.393. The first kappa shape index (κ1) is 11.9. The Morgan fingerprint density at radius 1 is 1.26 bits per heavy atom. The average Bonchev–Trinajstić information content (AvgIpc) is 2.90. The Labute approximate surface area is 110 Å². The Kier molecular flexibility index (Phi) is 2.60. The second-order valence-corrected chi connectivity index (χ2v) is 4.75. The monoisotopic (exact) mass is 258 g/mol. The van der Waals surface area contributed by atoms with Gasteiger partial charge in [-0.05, 0) is 12.1 Å². The molecule has 6 heteroatoms. The molecular weight excluding hydrogens is 244 g/mol. The highest BCUT2D eigenvalue weighted by Gasteiger charge is 2.41. The second-order valence-electron chi connectivity index (χ2n) is 4.75. The lowest BCUT2D eigenvalue weighted by Crippen LogP contribution is -2.41. The number of rotatable bonds is 2. The molecule has 1 aromatic heterocycles. The van der Waals surface area contributed by atoms with Gasteiger partial charge in [0.2, 0.25) is 5.91 Å². The minimum absolute atomic E-state index is 0.178. The van der Waals surface area contributed by atoms with Gasteiger partial charge in [0, 0.05) is 14.1 Å². The highest BCUT2D eigenvalue weighted by Crippen LogP contribution is 2.28. The summed E-state index contributed by atoms with van der Waals surface area (Å²) >= 11 is 0. The number of aromatic nitrogens is 2. The molecule has 1 fully saturated rings. The Morgan fingerprint density at radius 2 is 2.00 bits per heavy atom. The lowest BCUT2D eigenvalue weighted by molar-refractivity contribution is -0.153. The van der Waals surface area contributed by atoms with E-state index in [0.29, 0.717) is 0 Å². The molecule has 0 spiro atoms. The fourth-order valence-corrected chi connectivity index (χ4v) is 2.47. The van der Waals surface area contributed by atoms with Crippen molar-refractivity contribution in [1.29, 1.82) is 0 Å². The molecule has 0 saturated carbocycles. The van der Waals surface area contributed by atoms with Crippen molar-refractivity contribution in [2.24, 2.45) is 0 Å². The van der Waals surface area contributed by atoms with Crippen LogP contribution in [-0.4, -0.2) is 45.5 Å². The fourth-order valence-electron chi connectivity index (χ4n) is 2.47. The van der Waals surface area contributed by atoms with Crippen LogP contribution < -0.4 is 0 Å². The van der Waals surface area contributed by atoms with Crippen molar-refractivity contribution in [3.05, 3.63) is 30.6 Å². The van der Waals surface area contributed by atoms with Gasteiger partial charge in [0.1, 0.15) is 6.04 Å². The first-order valence-corrected chi connectivity index (χ1v) is 6.05. The summed E-state index contributed by atoms with van der Waals surface area (Å²) in [5.41, 5.74) is 1.69. The lowest BCUT2D eigenvalue weighted by atomic mass is 10.2. The number of amides is 2. The zero-order valence-electron chi connectivity index (χ0n) is 10.8. The van der Waals surface area contributed by atoms with E-state index >= 15 is 0 Å². The summed E-state index contributed by atoms with van der Waals surface area (Å²) in [6.07, 6.45) is 1.80. The number of fused-ring (bicyclic) bond motifs is 1. The number of carbonyl (C=O) groups is 2. The number of imide groups is 1. The van der Waals surface area contributed by atoms with Gasteiger partial charge in [0.25, 0.3) is 5.91 Å². The molecule has 0 bridgehead atoms. The Bertz CT molecular complexity index is 661. The van der Waals surface area contributed by atoms with Crippen molar-refractivity contribution in [2.75, 3.05) is 14.1 Å². The summed E-state index contributed by atoms with van der Waals surface area (Å²) in [6, 6.07) is 7.08. The number of imidazole rings is 1. The summed E-state index contributed by atoms with van der Waals surface area (Å²) in [6.45, 7) is 0. The highest BCUT2D eigenvalue weighted by atomic mass is 16.2. The normalized spacial score (nSPS) is 19.9. The van der Waals surface area contributed by atoms with Crippen LogP contribution in [0.3, 0.4) is 0 Å². The van der Waals surface area contributed by atoms with Crippen LogP contribution in [-0.2, 0) is 9.59 Å². The highest BCUT2D eigenvalue weighted by molar-refractivity contribution is 6.04. The van der Waals surface area contributed by atoms with Gasteiger partial charge < -0.3 is 4.57 Å². The average molecular weight is 258 g/mol. The molecule has 19 heavy (non-hydrogen) atoms. The van der Waals surface area contributed by atoms with Gasteiger partial charge in [-0.2, -0.15) is 0 Å². The third-order valence-electron chi connectivity index (χ3n) is 3.31. The van der Waals surface area contributed by atoms with Crippen LogP contribution in [0.1, 0.15) is 12.5 Å². The molecular formula is C13H14N4O2. The van der Waals surface area contributed by atoms with Crippen LogP contribution in [0.4, 0.5) is 0 Å². The molecule has 1 aliphatic heterocycles. The van der Waals surface area contributed by atoms with E-state index in [9.17, 15) is 9.59 Å². The molecule has 2 heterocycles. The maximum atomic E-state index is 12.3. The van der Waals surface area contributed by atoms with E-state index in [2.05, 4.69) is 4.98 Å². The molecule has 98 valence electrons. The van der Waals surface area contributed by atoms with Gasteiger partial charge in [0.15, 0.2) is 0 Å². The van der Waals surface area contributed by atoms with Crippen LogP contribution in [0.15, 0.2) is 30.6 Å². The van der Waals surface area contributed by atoms with E-state index in [1.54, 1.807) is 25.0 Å². The van der Waals surface area contributed by atoms with Crippen molar-refractivity contribution in [3.63, 3.8) is 0 Å². The molecule has 2 amide bonds. The van der Waals surface area contributed by atoms with Gasteiger partial charge in [0.05, 0.1) is 23.8 Å². The van der Waals surface area contributed by atoms with Crippen molar-refractivity contribution >= 4 is 22.8 Å². The third kappa shape index (κ3) is 1.72. The summed E-state index contributed by atoms with van der Waals surface area (Å²) in [5, 5.41) is 2.70. The van der Waals surface area contributed by atoms with Crippen molar-refractivity contribution in [1.82, 2.24) is 19.6 Å². The molecule has 1 saturated heterocycles. The summed E-state index contributed by atoms with van der Waals surface area (Å²) in [4.78, 5) is 28.5. The van der Waals surface area contributed by atoms with Gasteiger partial charge in [-0.25, -0.2) is 15.0 Å². The van der Waals surface area contributed by atoms with Gasteiger partial charge in [-0.3, -0.25) is 9.59 Å². The summed E-state index contributed by atoms with van der Waals surface area (Å²) < 4.78 is 1.78. The molecule has 2 aromatic rings. The van der Waals surface area contributed by atoms with Crippen LogP contribution in [0.25, 0.3) is 11.0 Å². The number of nitrogens with zero attached hydrogens (tertiary/aromatic N) is 4. The molecule has 1 aromatic carbocycles. The number of carbonyl (C=O) groups excluding carboxylic acids is 2. The fraction of sp³-hybridized carbons (Fsp3) is 0.308. The predicted molar refractivity (Wildman–Crippen MR) is 68.9 cm³/mol. The molecule has 1 aliphatic rings. The lowest BCUT2D eigenvalue weighted by Gasteiger charge is -2.21. The number of hydrogen-bond acceptors (Lipinski definition) is 4. The van der Waals surface area contributed by atoms with E-state index in [4.69, 9.17) is 0 Å². The van der Waals surface area contributed by atoms with E-state index in [1.165, 1.54) is 10.0 Å². The molecule has 1 atom stereocenters. The van der Waals surface area contributed by atoms with E-state index < -0.39 is 6.04 Å². The van der Waals surface area contributed by atoms with Crippen LogP contribution in [0, 0.1) is 0 Å². The minimum Gasteiger partial charge on any atom is -0.317 e. The molecule has 0 aliphatic carbocycles. The summed E-state index contributed by atoms with van der Waals surface area (Å²) in [7, 11) is 3.37. The van der Waals surface area contributed by atoms with Crippen LogP contribution in [0.2, 0.25) is 0 Å². The predicted octanol–water partition coefficient (Wildman–Crippen LogP) is 0.813.